The lowest BCUT2D eigenvalue weighted by atomic mass is 10.0. The molecule has 0 fully saturated rings. The first kappa shape index (κ1) is 36.2. The molecule has 10 aromatic carbocycles. The minimum absolute atomic E-state index is 0.270. The highest BCUT2D eigenvalue weighted by Gasteiger charge is 2.34. The highest BCUT2D eigenvalue weighted by atomic mass is 15.2. The van der Waals surface area contributed by atoms with Gasteiger partial charge in [-0.25, -0.2) is 4.85 Å². The Kier molecular flexibility index (Phi) is 7.43. The summed E-state index contributed by atoms with van der Waals surface area (Å²) in [5.74, 6) is 0. The number of hydrogen-bond donors (Lipinski definition) is 0. The number of hydrogen-bond acceptors (Lipinski definition) is 1. The fourth-order valence-corrected chi connectivity index (χ4v) is 11.2. The Bertz CT molecular complexity index is 4340. The summed E-state index contributed by atoms with van der Waals surface area (Å²) in [6.45, 7) is 9.42. The summed E-state index contributed by atoms with van der Waals surface area (Å²) in [5.41, 5.74) is 11.2. The maximum absolute atomic E-state index is 12.1. The molecule has 66 heavy (non-hydrogen) atoms. The van der Waals surface area contributed by atoms with Crippen LogP contribution in [0.25, 0.3) is 126 Å². The van der Waals surface area contributed by atoms with Crippen LogP contribution in [0.4, 0.5) is 5.69 Å². The molecule has 0 radical (unpaired) electrons. The van der Waals surface area contributed by atoms with Gasteiger partial charge < -0.3 is 18.3 Å². The van der Waals surface area contributed by atoms with E-state index in [4.69, 9.17) is 0 Å². The topological polar surface area (TPSA) is 47.9 Å². The van der Waals surface area contributed by atoms with Crippen molar-refractivity contribution in [1.29, 1.82) is 5.26 Å². The van der Waals surface area contributed by atoms with Crippen molar-refractivity contribution in [2.24, 2.45) is 0 Å². The van der Waals surface area contributed by atoms with Crippen molar-refractivity contribution in [3.05, 3.63) is 223 Å². The summed E-state index contributed by atoms with van der Waals surface area (Å²) in [6, 6.07) is 75.2. The van der Waals surface area contributed by atoms with Gasteiger partial charge in [-0.05, 0) is 47.9 Å². The van der Waals surface area contributed by atoms with E-state index in [-0.39, 0.29) is 5.69 Å². The van der Waals surface area contributed by atoms with E-state index in [1.165, 1.54) is 0 Å². The fraction of sp³-hybridized carbons (Fsp3) is 0. The molecule has 0 spiro atoms. The zero-order chi connectivity index (χ0) is 43.6. The Morgan fingerprint density at radius 2 is 0.636 bits per heavy atom. The van der Waals surface area contributed by atoms with E-state index in [1.807, 2.05) is 0 Å². The van der Waals surface area contributed by atoms with Crippen molar-refractivity contribution in [2.45, 2.75) is 0 Å². The van der Waals surface area contributed by atoms with Gasteiger partial charge in [-0.3, -0.25) is 0 Å². The van der Waals surface area contributed by atoms with Crippen LogP contribution >= 0.6 is 0 Å². The monoisotopic (exact) mass is 838 g/mol. The molecule has 4 aromatic heterocycles. The van der Waals surface area contributed by atoms with E-state index < -0.39 is 0 Å². The fourth-order valence-electron chi connectivity index (χ4n) is 11.2. The number of benzene rings is 10. The molecule has 0 saturated carbocycles. The molecule has 0 bridgehead atoms. The molecule has 304 valence electrons. The van der Waals surface area contributed by atoms with E-state index in [0.29, 0.717) is 16.9 Å². The van der Waals surface area contributed by atoms with Gasteiger partial charge in [-0.15, -0.1) is 0 Å². The van der Waals surface area contributed by atoms with Gasteiger partial charge in [0.1, 0.15) is 0 Å². The molecule has 0 N–H and O–H groups in total. The first-order valence-corrected chi connectivity index (χ1v) is 22.1. The highest BCUT2D eigenvalue weighted by Crippen LogP contribution is 2.52. The van der Waals surface area contributed by atoms with Crippen LogP contribution in [0.3, 0.4) is 0 Å². The third-order valence-corrected chi connectivity index (χ3v) is 13.8. The van der Waals surface area contributed by atoms with Crippen molar-refractivity contribution in [3.8, 4) is 28.8 Å². The quantitative estimate of drug-likeness (QED) is 0.163. The molecule has 6 heteroatoms. The number of para-hydroxylation sites is 7. The molecule has 0 aliphatic carbocycles. The maximum atomic E-state index is 12.1. The van der Waals surface area contributed by atoms with Gasteiger partial charge in [0, 0.05) is 48.5 Å². The lowest BCUT2D eigenvalue weighted by Crippen LogP contribution is -2.15. The average Bonchev–Trinajstić information content (AvgIpc) is 4.11. The molecule has 0 atom stereocenters. The number of nitrogens with zero attached hydrogens (tertiary/aromatic N) is 6. The molecule has 14 rings (SSSR count). The molecule has 0 aliphatic heterocycles. The van der Waals surface area contributed by atoms with E-state index in [0.717, 1.165) is 109 Å². The van der Waals surface area contributed by atoms with Gasteiger partial charge in [0.2, 0.25) is 5.69 Å². The molecule has 0 aliphatic rings. The molecular formula is C60H34N6. The number of aromatic nitrogens is 4. The van der Waals surface area contributed by atoms with Crippen LogP contribution in [-0.2, 0) is 0 Å². The molecule has 0 unspecified atom stereocenters. The summed E-state index contributed by atoms with van der Waals surface area (Å²) in [5, 5.41) is 22.9. The van der Waals surface area contributed by atoms with Gasteiger partial charge in [0.25, 0.3) is 0 Å². The summed E-state index contributed by atoms with van der Waals surface area (Å²) in [4.78, 5) is 4.55. The lowest BCUT2D eigenvalue weighted by Gasteiger charge is -2.28. The second kappa shape index (κ2) is 13.6. The van der Waals surface area contributed by atoms with Crippen molar-refractivity contribution in [2.75, 3.05) is 0 Å². The highest BCUT2D eigenvalue weighted by molar-refractivity contribution is 6.21. The average molecular weight is 839 g/mol. The standard InChI is InChI=1S/C60H34N6/c1-62-55-47(36-61)57(66-54-33-17-10-26-45(54)46-35-34-37-18-2-3-19-38(37)56(46)66)59(64-50-29-13-6-22-41(50)42-23-7-14-30-51(42)64)60(65-52-31-15-8-24-43(52)44-25-9-16-32-53(44)65)58(55)63-48-27-11-4-20-39(48)40-21-5-12-28-49(40)63/h2-35H. The molecule has 4 heterocycles. The second-order valence-electron chi connectivity index (χ2n) is 17.0. The number of nitriles is 1. The van der Waals surface area contributed by atoms with E-state index in [2.05, 4.69) is 235 Å². The minimum Gasteiger partial charge on any atom is -0.317 e. The van der Waals surface area contributed by atoms with Crippen LogP contribution in [0.1, 0.15) is 5.56 Å². The molecule has 14 aromatic rings. The summed E-state index contributed by atoms with van der Waals surface area (Å²) in [7, 11) is 0. The smallest absolute Gasteiger partial charge is 0.232 e. The molecular weight excluding hydrogens is 805 g/mol. The Morgan fingerprint density at radius 3 is 1.03 bits per heavy atom. The second-order valence-corrected chi connectivity index (χ2v) is 17.0. The number of rotatable bonds is 4. The van der Waals surface area contributed by atoms with Gasteiger partial charge >= 0.3 is 0 Å². The van der Waals surface area contributed by atoms with Crippen molar-refractivity contribution < 1.29 is 0 Å². The van der Waals surface area contributed by atoms with Crippen LogP contribution in [0.2, 0.25) is 0 Å². The Hall–Kier alpha value is -9.36. The van der Waals surface area contributed by atoms with Crippen molar-refractivity contribution in [1.82, 2.24) is 18.3 Å². The lowest BCUT2D eigenvalue weighted by molar-refractivity contribution is 1.02. The van der Waals surface area contributed by atoms with Crippen LogP contribution in [0.5, 0.6) is 0 Å². The predicted molar refractivity (Wildman–Crippen MR) is 272 cm³/mol. The van der Waals surface area contributed by atoms with E-state index in [1.54, 1.807) is 0 Å². The van der Waals surface area contributed by atoms with Gasteiger partial charge in [0.05, 0.1) is 85.1 Å². The van der Waals surface area contributed by atoms with Crippen molar-refractivity contribution in [3.63, 3.8) is 0 Å². The van der Waals surface area contributed by atoms with Crippen LogP contribution < -0.4 is 0 Å². The zero-order valence-corrected chi connectivity index (χ0v) is 35.3. The zero-order valence-electron chi connectivity index (χ0n) is 35.3. The maximum Gasteiger partial charge on any atom is 0.232 e. The largest absolute Gasteiger partial charge is 0.317 e. The third kappa shape index (κ3) is 4.66. The van der Waals surface area contributed by atoms with Gasteiger partial charge in [-0.2, -0.15) is 5.26 Å². The predicted octanol–water partition coefficient (Wildman–Crippen LogP) is 15.7. The summed E-state index contributed by atoms with van der Waals surface area (Å²) >= 11 is 0. The minimum atomic E-state index is 0.270. The first-order valence-electron chi connectivity index (χ1n) is 22.1. The Labute approximate surface area is 377 Å². The SMILES string of the molecule is [C-]#[N+]c1c(C#N)c(-n2c3ccccc3c3ccc4ccccc4c32)c(-n2c3ccccc3c3ccccc32)c(-n2c3ccccc3c3ccccc32)c1-n1c2ccccc2c2ccccc21. The van der Waals surface area contributed by atoms with E-state index >= 15 is 0 Å². The number of fused-ring (bicyclic) bond motifs is 14. The van der Waals surface area contributed by atoms with Crippen LogP contribution in [-0.4, -0.2) is 18.3 Å². The van der Waals surface area contributed by atoms with Crippen LogP contribution in [0.15, 0.2) is 206 Å². The van der Waals surface area contributed by atoms with Gasteiger partial charge in [-0.1, -0.05) is 164 Å². The van der Waals surface area contributed by atoms with Gasteiger partial charge in [0.15, 0.2) is 0 Å². The van der Waals surface area contributed by atoms with Crippen LogP contribution in [0, 0.1) is 17.9 Å². The Morgan fingerprint density at radius 1 is 0.318 bits per heavy atom. The first-order chi connectivity index (χ1) is 32.7. The summed E-state index contributed by atoms with van der Waals surface area (Å²) < 4.78 is 9.29. The molecule has 0 amide bonds. The third-order valence-electron chi connectivity index (χ3n) is 13.8. The van der Waals surface area contributed by atoms with Crippen molar-refractivity contribution >= 4 is 104 Å². The normalized spacial score (nSPS) is 11.9. The summed E-state index contributed by atoms with van der Waals surface area (Å²) in [6.07, 6.45) is 0. The molecule has 0 saturated heterocycles. The Balaban J connectivity index is 1.37. The van der Waals surface area contributed by atoms with E-state index in [9.17, 15) is 11.8 Å². The molecule has 6 nitrogen and oxygen atoms in total.